The molecule has 20 heavy (non-hydrogen) atoms. The minimum absolute atomic E-state index is 0.0408. The smallest absolute Gasteiger partial charge is 0.151 e. The van der Waals surface area contributed by atoms with Gasteiger partial charge in [0.15, 0.2) is 9.84 Å². The van der Waals surface area contributed by atoms with Crippen molar-refractivity contribution >= 4 is 55.7 Å². The van der Waals surface area contributed by atoms with Crippen molar-refractivity contribution in [3.8, 4) is 0 Å². The summed E-state index contributed by atoms with van der Waals surface area (Å²) in [5, 5.41) is 0.811. The van der Waals surface area contributed by atoms with Gasteiger partial charge in [-0.2, -0.15) is 0 Å². The Morgan fingerprint density at radius 1 is 1.25 bits per heavy atom. The zero-order chi connectivity index (χ0) is 14.9. The van der Waals surface area contributed by atoms with E-state index in [1.165, 1.54) is 0 Å². The zero-order valence-electron chi connectivity index (χ0n) is 10.7. The Morgan fingerprint density at radius 3 is 2.50 bits per heavy atom. The molecule has 2 rings (SSSR count). The van der Waals surface area contributed by atoms with Gasteiger partial charge in [-0.15, -0.1) is 11.6 Å². The number of imidazole rings is 1. The van der Waals surface area contributed by atoms with E-state index in [4.69, 9.17) is 34.8 Å². The van der Waals surface area contributed by atoms with E-state index >= 15 is 0 Å². The fraction of sp³-hybridized carbons (Fsp3) is 0.417. The summed E-state index contributed by atoms with van der Waals surface area (Å²) in [5.74, 6) is 0.948. The first-order chi connectivity index (χ1) is 9.38. The van der Waals surface area contributed by atoms with Gasteiger partial charge in [0, 0.05) is 12.3 Å². The van der Waals surface area contributed by atoms with Crippen LogP contribution in [0.25, 0.3) is 11.0 Å². The van der Waals surface area contributed by atoms with E-state index in [1.807, 2.05) is 0 Å². The van der Waals surface area contributed by atoms with Gasteiger partial charge in [-0.3, -0.25) is 0 Å². The molecule has 0 saturated carbocycles. The van der Waals surface area contributed by atoms with Crippen molar-refractivity contribution in [2.24, 2.45) is 0 Å². The van der Waals surface area contributed by atoms with Crippen molar-refractivity contribution in [1.29, 1.82) is 0 Å². The van der Waals surface area contributed by atoms with Crippen LogP contribution in [0.1, 0.15) is 12.7 Å². The Balaban J connectivity index is 2.48. The van der Waals surface area contributed by atoms with Crippen LogP contribution in [0, 0.1) is 0 Å². The molecular formula is C12H13Cl3N2O2S. The number of alkyl halides is 1. The lowest BCUT2D eigenvalue weighted by atomic mass is 10.3. The molecule has 1 heterocycles. The molecule has 0 aliphatic heterocycles. The molecule has 0 aliphatic rings. The summed E-state index contributed by atoms with van der Waals surface area (Å²) in [4.78, 5) is 4.35. The second-order valence-corrected chi connectivity index (χ2v) is 7.86. The molecule has 4 nitrogen and oxygen atoms in total. The molecule has 0 atom stereocenters. The van der Waals surface area contributed by atoms with Gasteiger partial charge in [0.1, 0.15) is 5.82 Å². The van der Waals surface area contributed by atoms with Crippen LogP contribution in [0.4, 0.5) is 0 Å². The molecule has 0 unspecified atom stereocenters. The van der Waals surface area contributed by atoms with Crippen molar-refractivity contribution in [3.63, 3.8) is 0 Å². The van der Waals surface area contributed by atoms with Gasteiger partial charge >= 0.3 is 0 Å². The number of hydrogen-bond donors (Lipinski definition) is 0. The van der Waals surface area contributed by atoms with Crippen molar-refractivity contribution in [1.82, 2.24) is 9.55 Å². The molecule has 8 heteroatoms. The van der Waals surface area contributed by atoms with E-state index in [9.17, 15) is 8.42 Å². The van der Waals surface area contributed by atoms with E-state index in [2.05, 4.69) is 4.98 Å². The van der Waals surface area contributed by atoms with Crippen LogP contribution in [0.2, 0.25) is 10.0 Å². The van der Waals surface area contributed by atoms with Crippen LogP contribution < -0.4 is 0 Å². The normalized spacial score (nSPS) is 12.2. The summed E-state index contributed by atoms with van der Waals surface area (Å²) in [6.45, 7) is 1.92. The Kier molecular flexibility index (Phi) is 4.84. The van der Waals surface area contributed by atoms with Gasteiger partial charge in [-0.05, 0) is 12.1 Å². The Hall–Kier alpha value is -0.490. The molecule has 0 bridgehead atoms. The third kappa shape index (κ3) is 3.22. The fourth-order valence-corrected chi connectivity index (χ4v) is 3.17. The molecule has 1 aromatic heterocycles. The van der Waals surface area contributed by atoms with E-state index in [0.29, 0.717) is 27.9 Å². The number of nitrogens with zero attached hydrogens (tertiary/aromatic N) is 2. The van der Waals surface area contributed by atoms with Crippen LogP contribution in [0.3, 0.4) is 0 Å². The molecule has 2 aromatic rings. The van der Waals surface area contributed by atoms with E-state index < -0.39 is 9.84 Å². The predicted octanol–water partition coefficient (Wildman–Crippen LogP) is 3.52. The van der Waals surface area contributed by atoms with E-state index in [-0.39, 0.29) is 17.4 Å². The van der Waals surface area contributed by atoms with Gasteiger partial charge in [-0.1, -0.05) is 30.1 Å². The lowest BCUT2D eigenvalue weighted by molar-refractivity contribution is 0.590. The second kappa shape index (κ2) is 6.10. The lowest BCUT2D eigenvalue weighted by Gasteiger charge is -2.08. The Bertz CT molecular complexity index is 741. The van der Waals surface area contributed by atoms with Gasteiger partial charge in [0.2, 0.25) is 0 Å². The van der Waals surface area contributed by atoms with Crippen LogP contribution >= 0.6 is 34.8 Å². The number of fused-ring (bicyclic) bond motifs is 1. The van der Waals surface area contributed by atoms with Crippen LogP contribution in [0.5, 0.6) is 0 Å². The van der Waals surface area contributed by atoms with Crippen molar-refractivity contribution in [3.05, 3.63) is 28.0 Å². The molecule has 0 spiro atoms. The molecule has 110 valence electrons. The molecule has 0 fully saturated rings. The number of sulfone groups is 1. The minimum Gasteiger partial charge on any atom is -0.326 e. The maximum atomic E-state index is 11.6. The Labute approximate surface area is 132 Å². The summed E-state index contributed by atoms with van der Waals surface area (Å²) < 4.78 is 25.1. The maximum Gasteiger partial charge on any atom is 0.151 e. The number of aromatic nitrogens is 2. The highest BCUT2D eigenvalue weighted by Crippen LogP contribution is 2.28. The summed E-state index contributed by atoms with van der Waals surface area (Å²) in [7, 11) is -3.06. The summed E-state index contributed by atoms with van der Waals surface area (Å²) in [5.41, 5.74) is 1.39. The highest BCUT2D eigenvalue weighted by atomic mass is 35.5. The van der Waals surface area contributed by atoms with Crippen molar-refractivity contribution in [2.75, 3.05) is 11.5 Å². The standard InChI is InChI=1S/C12H13Cl3N2O2S/c1-2-20(18,19)4-3-17-11-6-9(15)8(14)5-10(11)16-12(17)7-13/h5-6H,2-4,7H2,1H3. The highest BCUT2D eigenvalue weighted by molar-refractivity contribution is 7.91. The fourth-order valence-electron chi connectivity index (χ4n) is 1.90. The van der Waals surface area contributed by atoms with Crippen molar-refractivity contribution < 1.29 is 8.42 Å². The van der Waals surface area contributed by atoms with Gasteiger partial charge in [0.25, 0.3) is 0 Å². The van der Waals surface area contributed by atoms with Crippen molar-refractivity contribution in [2.45, 2.75) is 19.3 Å². The molecule has 0 amide bonds. The zero-order valence-corrected chi connectivity index (χ0v) is 13.8. The average molecular weight is 356 g/mol. The summed E-state index contributed by atoms with van der Waals surface area (Å²) >= 11 is 17.8. The average Bonchev–Trinajstić information content (AvgIpc) is 2.74. The van der Waals surface area contributed by atoms with Crippen LogP contribution in [-0.4, -0.2) is 29.5 Å². The number of rotatable bonds is 5. The summed E-state index contributed by atoms with van der Waals surface area (Å²) in [6, 6.07) is 3.33. The molecule has 0 N–H and O–H groups in total. The lowest BCUT2D eigenvalue weighted by Crippen LogP contribution is -2.15. The third-order valence-electron chi connectivity index (χ3n) is 3.05. The first-order valence-corrected chi connectivity index (χ1v) is 9.09. The maximum absolute atomic E-state index is 11.6. The van der Waals surface area contributed by atoms with Gasteiger partial charge < -0.3 is 4.57 Å². The molecular weight excluding hydrogens is 343 g/mol. The highest BCUT2D eigenvalue weighted by Gasteiger charge is 2.15. The number of hydrogen-bond acceptors (Lipinski definition) is 3. The molecule has 0 saturated heterocycles. The minimum atomic E-state index is -3.06. The van der Waals surface area contributed by atoms with Gasteiger partial charge in [-0.25, -0.2) is 13.4 Å². The molecule has 0 radical (unpaired) electrons. The van der Waals surface area contributed by atoms with Gasteiger partial charge in [0.05, 0.1) is 32.7 Å². The first-order valence-electron chi connectivity index (χ1n) is 5.98. The SMILES string of the molecule is CCS(=O)(=O)CCn1c(CCl)nc2cc(Cl)c(Cl)cc21. The second-order valence-electron chi connectivity index (χ2n) is 4.30. The predicted molar refractivity (Wildman–Crippen MR) is 83.6 cm³/mol. The molecule has 1 aromatic carbocycles. The van der Waals surface area contributed by atoms with Crippen LogP contribution in [0.15, 0.2) is 12.1 Å². The number of aryl methyl sites for hydroxylation is 1. The van der Waals surface area contributed by atoms with E-state index in [1.54, 1.807) is 23.6 Å². The summed E-state index contributed by atoms with van der Waals surface area (Å²) in [6.07, 6.45) is 0. The molecule has 0 aliphatic carbocycles. The first kappa shape index (κ1) is 15.9. The largest absolute Gasteiger partial charge is 0.326 e. The Morgan fingerprint density at radius 2 is 1.90 bits per heavy atom. The van der Waals surface area contributed by atoms with Crippen LogP contribution in [-0.2, 0) is 22.3 Å². The topological polar surface area (TPSA) is 52.0 Å². The number of benzene rings is 1. The van der Waals surface area contributed by atoms with E-state index in [0.717, 1.165) is 5.52 Å². The monoisotopic (exact) mass is 354 g/mol. The third-order valence-corrected chi connectivity index (χ3v) is 5.70. The number of halogens is 3. The quantitative estimate of drug-likeness (QED) is 0.771.